The highest BCUT2D eigenvalue weighted by molar-refractivity contribution is 5.71. The van der Waals surface area contributed by atoms with Crippen LogP contribution in [0.2, 0.25) is 0 Å². The van der Waals surface area contributed by atoms with Gasteiger partial charge in [0.2, 0.25) is 0 Å². The quantitative estimate of drug-likeness (QED) is 0.0261. The van der Waals surface area contributed by atoms with Gasteiger partial charge in [0, 0.05) is 19.3 Å². The van der Waals surface area contributed by atoms with Crippen molar-refractivity contribution < 1.29 is 28.6 Å². The minimum Gasteiger partial charge on any atom is -0.462 e. The number of esters is 3. The van der Waals surface area contributed by atoms with Gasteiger partial charge in [-0.15, -0.1) is 0 Å². The highest BCUT2D eigenvalue weighted by atomic mass is 16.6. The number of carbonyl (C=O) groups is 3. The standard InChI is InChI=1S/C64H120O6/c1-4-7-10-13-16-19-21-23-25-26-27-28-29-30-31-32-33-34-35-36-37-38-39-40-42-43-45-48-51-54-57-63(66)69-60-61(59-68-62(65)56-53-50-47-18-15-12-9-6-3)70-64(67)58-55-52-49-46-44-41-24-22-20-17-14-11-8-5-2/h14,17,22,24,61H,4-13,15-16,18-21,23,25-60H2,1-3H3/b17-14-,24-22-. The fraction of sp³-hybridized carbons (Fsp3) is 0.891. The van der Waals surface area contributed by atoms with Crippen LogP contribution in [0.3, 0.4) is 0 Å². The van der Waals surface area contributed by atoms with Crippen molar-refractivity contribution in [3.8, 4) is 0 Å². The Morgan fingerprint density at radius 3 is 0.829 bits per heavy atom. The smallest absolute Gasteiger partial charge is 0.306 e. The highest BCUT2D eigenvalue weighted by Gasteiger charge is 2.19. The van der Waals surface area contributed by atoms with E-state index in [2.05, 4.69) is 45.1 Å². The van der Waals surface area contributed by atoms with E-state index in [4.69, 9.17) is 14.2 Å². The molecule has 0 radical (unpaired) electrons. The summed E-state index contributed by atoms with van der Waals surface area (Å²) in [5.74, 6) is -0.872. The van der Waals surface area contributed by atoms with E-state index in [1.54, 1.807) is 0 Å². The van der Waals surface area contributed by atoms with Gasteiger partial charge in [0.15, 0.2) is 6.10 Å². The fourth-order valence-corrected chi connectivity index (χ4v) is 9.46. The van der Waals surface area contributed by atoms with Crippen LogP contribution in [0.15, 0.2) is 24.3 Å². The molecule has 0 aromatic carbocycles. The summed E-state index contributed by atoms with van der Waals surface area (Å²) >= 11 is 0. The molecule has 0 amide bonds. The summed E-state index contributed by atoms with van der Waals surface area (Å²) < 4.78 is 16.8. The SMILES string of the molecule is CCCC/C=C\C/C=C\CCCCCCCC(=O)OC(COC(=O)CCCCCCCCCC)COC(=O)CCCCCCCCCCCCCCCCCCCCCCCCCCCCCCCC. The van der Waals surface area contributed by atoms with Crippen LogP contribution in [-0.4, -0.2) is 37.2 Å². The monoisotopic (exact) mass is 985 g/mol. The molecule has 0 rings (SSSR count). The molecule has 6 heteroatoms. The van der Waals surface area contributed by atoms with Crippen LogP contribution in [0.4, 0.5) is 0 Å². The van der Waals surface area contributed by atoms with Crippen LogP contribution in [0, 0.1) is 0 Å². The lowest BCUT2D eigenvalue weighted by Crippen LogP contribution is -2.30. The summed E-state index contributed by atoms with van der Waals surface area (Å²) in [6.45, 7) is 6.61. The Labute approximate surface area is 436 Å². The number of hydrogen-bond acceptors (Lipinski definition) is 6. The molecule has 0 fully saturated rings. The first-order valence-electron chi connectivity index (χ1n) is 31.3. The van der Waals surface area contributed by atoms with E-state index in [1.165, 1.54) is 225 Å². The van der Waals surface area contributed by atoms with E-state index >= 15 is 0 Å². The lowest BCUT2D eigenvalue weighted by atomic mass is 10.0. The number of allylic oxidation sites excluding steroid dienone is 4. The lowest BCUT2D eigenvalue weighted by molar-refractivity contribution is -0.167. The van der Waals surface area contributed by atoms with Gasteiger partial charge in [-0.2, -0.15) is 0 Å². The van der Waals surface area contributed by atoms with Crippen molar-refractivity contribution >= 4 is 17.9 Å². The zero-order valence-corrected chi connectivity index (χ0v) is 47.3. The van der Waals surface area contributed by atoms with Crippen LogP contribution >= 0.6 is 0 Å². The average Bonchev–Trinajstić information content (AvgIpc) is 3.36. The third-order valence-electron chi connectivity index (χ3n) is 14.2. The maximum absolute atomic E-state index is 12.8. The van der Waals surface area contributed by atoms with Crippen LogP contribution in [-0.2, 0) is 28.6 Å². The Morgan fingerprint density at radius 1 is 0.286 bits per heavy atom. The van der Waals surface area contributed by atoms with E-state index in [-0.39, 0.29) is 31.1 Å². The summed E-state index contributed by atoms with van der Waals surface area (Å²) in [7, 11) is 0. The Kier molecular flexibility index (Phi) is 57.7. The molecule has 0 aromatic rings. The van der Waals surface area contributed by atoms with E-state index < -0.39 is 6.10 Å². The number of carbonyl (C=O) groups excluding carboxylic acids is 3. The zero-order valence-electron chi connectivity index (χ0n) is 47.3. The number of hydrogen-bond donors (Lipinski definition) is 0. The van der Waals surface area contributed by atoms with E-state index in [1.807, 2.05) is 0 Å². The van der Waals surface area contributed by atoms with Crippen LogP contribution in [0.25, 0.3) is 0 Å². The van der Waals surface area contributed by atoms with Gasteiger partial charge in [0.05, 0.1) is 0 Å². The first kappa shape index (κ1) is 67.9. The predicted octanol–water partition coefficient (Wildman–Crippen LogP) is 21.1. The van der Waals surface area contributed by atoms with Gasteiger partial charge in [-0.3, -0.25) is 14.4 Å². The number of rotatable bonds is 58. The average molecular weight is 986 g/mol. The fourth-order valence-electron chi connectivity index (χ4n) is 9.46. The molecule has 0 heterocycles. The zero-order chi connectivity index (χ0) is 50.7. The van der Waals surface area contributed by atoms with Crippen LogP contribution in [0.1, 0.15) is 348 Å². The lowest BCUT2D eigenvalue weighted by Gasteiger charge is -2.18. The third kappa shape index (κ3) is 56.8. The van der Waals surface area contributed by atoms with Gasteiger partial charge in [-0.25, -0.2) is 0 Å². The minimum atomic E-state index is -0.773. The molecule has 0 bridgehead atoms. The second kappa shape index (κ2) is 59.5. The summed E-state index contributed by atoms with van der Waals surface area (Å²) in [6, 6.07) is 0. The molecular weight excluding hydrogens is 865 g/mol. The molecule has 0 N–H and O–H groups in total. The summed E-state index contributed by atoms with van der Waals surface area (Å²) in [5.41, 5.74) is 0. The molecule has 70 heavy (non-hydrogen) atoms. The molecule has 0 saturated carbocycles. The van der Waals surface area contributed by atoms with E-state index in [0.717, 1.165) is 83.5 Å². The number of unbranched alkanes of at least 4 members (excludes halogenated alkanes) is 43. The highest BCUT2D eigenvalue weighted by Crippen LogP contribution is 2.18. The first-order valence-corrected chi connectivity index (χ1v) is 31.3. The van der Waals surface area contributed by atoms with Gasteiger partial charge in [0.1, 0.15) is 13.2 Å². The number of ether oxygens (including phenoxy) is 3. The normalized spacial score (nSPS) is 12.1. The molecule has 1 unspecified atom stereocenters. The topological polar surface area (TPSA) is 78.9 Å². The predicted molar refractivity (Wildman–Crippen MR) is 303 cm³/mol. The Balaban J connectivity index is 4.00. The van der Waals surface area contributed by atoms with Crippen LogP contribution < -0.4 is 0 Å². The van der Waals surface area contributed by atoms with Gasteiger partial charge >= 0.3 is 17.9 Å². The van der Waals surface area contributed by atoms with E-state index in [9.17, 15) is 14.4 Å². The van der Waals surface area contributed by atoms with Gasteiger partial charge < -0.3 is 14.2 Å². The van der Waals surface area contributed by atoms with Gasteiger partial charge in [-0.05, 0) is 44.9 Å². The Bertz CT molecular complexity index is 1130. The Hall–Kier alpha value is -2.11. The third-order valence-corrected chi connectivity index (χ3v) is 14.2. The molecule has 412 valence electrons. The molecule has 0 aliphatic carbocycles. The molecule has 6 nitrogen and oxygen atoms in total. The van der Waals surface area contributed by atoms with E-state index in [0.29, 0.717) is 19.3 Å². The Morgan fingerprint density at radius 2 is 0.529 bits per heavy atom. The van der Waals surface area contributed by atoms with Crippen molar-refractivity contribution in [2.75, 3.05) is 13.2 Å². The minimum absolute atomic E-state index is 0.0722. The largest absolute Gasteiger partial charge is 0.462 e. The second-order valence-corrected chi connectivity index (χ2v) is 21.3. The molecular formula is C64H120O6. The maximum Gasteiger partial charge on any atom is 0.306 e. The van der Waals surface area contributed by atoms with Crippen molar-refractivity contribution in [2.24, 2.45) is 0 Å². The molecule has 0 saturated heterocycles. The molecule has 0 aromatic heterocycles. The van der Waals surface area contributed by atoms with Crippen molar-refractivity contribution in [1.82, 2.24) is 0 Å². The molecule has 0 spiro atoms. The van der Waals surface area contributed by atoms with Gasteiger partial charge in [-0.1, -0.05) is 308 Å². The summed E-state index contributed by atoms with van der Waals surface area (Å²) in [4.78, 5) is 38.0. The maximum atomic E-state index is 12.8. The summed E-state index contributed by atoms with van der Waals surface area (Å²) in [5, 5.41) is 0. The van der Waals surface area contributed by atoms with Crippen molar-refractivity contribution in [1.29, 1.82) is 0 Å². The van der Waals surface area contributed by atoms with Crippen molar-refractivity contribution in [3.63, 3.8) is 0 Å². The molecule has 1 atom stereocenters. The first-order chi connectivity index (χ1) is 34.5. The molecule has 0 aliphatic heterocycles. The second-order valence-electron chi connectivity index (χ2n) is 21.3. The van der Waals surface area contributed by atoms with Crippen LogP contribution in [0.5, 0.6) is 0 Å². The van der Waals surface area contributed by atoms with Crippen molar-refractivity contribution in [2.45, 2.75) is 354 Å². The van der Waals surface area contributed by atoms with Gasteiger partial charge in [0.25, 0.3) is 0 Å². The van der Waals surface area contributed by atoms with Crippen molar-refractivity contribution in [3.05, 3.63) is 24.3 Å². The summed E-state index contributed by atoms with van der Waals surface area (Å²) in [6.07, 6.45) is 70.8. The molecule has 0 aliphatic rings.